The van der Waals surface area contributed by atoms with E-state index in [0.29, 0.717) is 31.2 Å². The standard InChI is InChI=1S/C24H23BrN2O3.C7H5F3O/c1-14-21(23(28)26-18-10-7-16(8-11-18)24(29)30)19-13-17(25)9-12-20(19)27-22(14)15-5-3-2-4-6-15;8-7(9,10)11-6-4-2-1-3-5-6/h2-6,9,12-13,16,18H,7-8,10-11H2,1H3,(H,26,28)(H,29,30);1-5H. The summed E-state index contributed by atoms with van der Waals surface area (Å²) in [5.41, 5.74) is 3.99. The molecule has 10 heteroatoms. The first kappa shape index (κ1) is 30.0. The van der Waals surface area contributed by atoms with Gasteiger partial charge in [-0.05, 0) is 68.5 Å². The van der Waals surface area contributed by atoms with Crippen LogP contribution in [0.15, 0.2) is 83.3 Å². The topological polar surface area (TPSA) is 88.5 Å². The number of carbonyl (C=O) groups is 2. The van der Waals surface area contributed by atoms with Crippen molar-refractivity contribution in [2.24, 2.45) is 5.92 Å². The summed E-state index contributed by atoms with van der Waals surface area (Å²) in [5.74, 6) is -1.37. The van der Waals surface area contributed by atoms with Gasteiger partial charge in [0, 0.05) is 21.5 Å². The van der Waals surface area contributed by atoms with E-state index < -0.39 is 12.3 Å². The van der Waals surface area contributed by atoms with Gasteiger partial charge in [0.2, 0.25) is 0 Å². The number of carboxylic acids is 1. The number of alkyl halides is 3. The van der Waals surface area contributed by atoms with Gasteiger partial charge in [-0.25, -0.2) is 4.98 Å². The van der Waals surface area contributed by atoms with Crippen LogP contribution in [0.1, 0.15) is 41.6 Å². The molecule has 4 aromatic rings. The molecule has 3 aromatic carbocycles. The number of aliphatic carboxylic acids is 1. The van der Waals surface area contributed by atoms with Crippen LogP contribution in [0.25, 0.3) is 22.2 Å². The Morgan fingerprint density at radius 1 is 0.951 bits per heavy atom. The van der Waals surface area contributed by atoms with Crippen molar-refractivity contribution in [3.05, 3.63) is 94.5 Å². The predicted octanol–water partition coefficient (Wildman–Crippen LogP) is 7.93. The molecule has 1 fully saturated rings. The van der Waals surface area contributed by atoms with Crippen molar-refractivity contribution in [2.45, 2.75) is 45.0 Å². The highest BCUT2D eigenvalue weighted by Gasteiger charge is 2.31. The molecule has 2 N–H and O–H groups in total. The molecule has 0 bridgehead atoms. The minimum atomic E-state index is -4.60. The van der Waals surface area contributed by atoms with Crippen LogP contribution in [-0.4, -0.2) is 34.4 Å². The summed E-state index contributed by atoms with van der Waals surface area (Å²) in [4.78, 5) is 29.4. The average molecular weight is 629 g/mol. The third-order valence-corrected chi connectivity index (χ3v) is 7.35. The van der Waals surface area contributed by atoms with Crippen LogP contribution in [0.3, 0.4) is 0 Å². The molecular weight excluding hydrogens is 601 g/mol. The summed E-state index contributed by atoms with van der Waals surface area (Å²) < 4.78 is 39.0. The van der Waals surface area contributed by atoms with Gasteiger partial charge in [-0.3, -0.25) is 9.59 Å². The predicted molar refractivity (Wildman–Crippen MR) is 154 cm³/mol. The van der Waals surface area contributed by atoms with E-state index in [1.807, 2.05) is 55.5 Å². The Bertz CT molecular complexity index is 1510. The Morgan fingerprint density at radius 3 is 2.15 bits per heavy atom. The maximum atomic E-state index is 13.4. The summed E-state index contributed by atoms with van der Waals surface area (Å²) in [5, 5.41) is 13.2. The molecule has 0 unspecified atom stereocenters. The fraction of sp³-hybridized carbons (Fsp3) is 0.258. The lowest BCUT2D eigenvalue weighted by atomic mass is 9.86. The normalized spacial score (nSPS) is 16.8. The SMILES string of the molecule is Cc1c(-c2ccccc2)nc2ccc(Br)cc2c1C(=O)NC1CCC(C(=O)O)CC1.FC(F)(F)Oc1ccccc1. The van der Waals surface area contributed by atoms with E-state index in [-0.39, 0.29) is 23.6 Å². The highest BCUT2D eigenvalue weighted by atomic mass is 79.9. The number of ether oxygens (including phenoxy) is 1. The van der Waals surface area contributed by atoms with Crippen LogP contribution in [-0.2, 0) is 4.79 Å². The Kier molecular flexibility index (Phi) is 9.65. The number of carbonyl (C=O) groups excluding carboxylic acids is 1. The third kappa shape index (κ3) is 8.07. The van der Waals surface area contributed by atoms with Gasteiger partial charge in [0.05, 0.1) is 22.7 Å². The minimum absolute atomic E-state index is 0.0111. The maximum Gasteiger partial charge on any atom is 0.573 e. The largest absolute Gasteiger partial charge is 0.573 e. The van der Waals surface area contributed by atoms with Gasteiger partial charge in [-0.15, -0.1) is 13.2 Å². The van der Waals surface area contributed by atoms with Crippen molar-refractivity contribution in [1.29, 1.82) is 0 Å². The lowest BCUT2D eigenvalue weighted by Crippen LogP contribution is -2.39. The molecule has 0 saturated heterocycles. The van der Waals surface area contributed by atoms with Crippen LogP contribution in [0.5, 0.6) is 5.75 Å². The van der Waals surface area contributed by atoms with Crippen molar-refractivity contribution in [3.63, 3.8) is 0 Å². The van der Waals surface area contributed by atoms with E-state index in [0.717, 1.165) is 32.2 Å². The second-order valence-corrected chi connectivity index (χ2v) is 10.6. The first-order valence-corrected chi connectivity index (χ1v) is 13.8. The fourth-order valence-corrected chi connectivity index (χ4v) is 5.23. The van der Waals surface area contributed by atoms with Crippen LogP contribution in [0.2, 0.25) is 0 Å². The van der Waals surface area contributed by atoms with Crippen LogP contribution < -0.4 is 10.1 Å². The first-order chi connectivity index (χ1) is 19.5. The molecular formula is C31H28BrF3N2O4. The number of amides is 1. The van der Waals surface area contributed by atoms with E-state index in [4.69, 9.17) is 4.98 Å². The van der Waals surface area contributed by atoms with E-state index in [9.17, 15) is 27.9 Å². The molecule has 1 saturated carbocycles. The van der Waals surface area contributed by atoms with Crippen molar-refractivity contribution < 1.29 is 32.6 Å². The van der Waals surface area contributed by atoms with Crippen molar-refractivity contribution in [1.82, 2.24) is 10.3 Å². The number of hydrogen-bond donors (Lipinski definition) is 2. The zero-order valence-corrected chi connectivity index (χ0v) is 23.7. The minimum Gasteiger partial charge on any atom is -0.481 e. The number of nitrogens with one attached hydrogen (secondary N) is 1. The zero-order valence-electron chi connectivity index (χ0n) is 22.1. The smallest absolute Gasteiger partial charge is 0.481 e. The molecule has 0 atom stereocenters. The molecule has 1 heterocycles. The van der Waals surface area contributed by atoms with Gasteiger partial charge in [-0.1, -0.05) is 64.5 Å². The molecule has 1 aliphatic carbocycles. The molecule has 1 amide bonds. The number of rotatable bonds is 5. The number of benzene rings is 3. The molecule has 1 aliphatic rings. The van der Waals surface area contributed by atoms with Crippen molar-refractivity contribution in [2.75, 3.05) is 0 Å². The Hall–Kier alpha value is -3.92. The molecule has 0 radical (unpaired) electrons. The van der Waals surface area contributed by atoms with E-state index >= 15 is 0 Å². The van der Waals surface area contributed by atoms with Gasteiger partial charge in [0.25, 0.3) is 5.91 Å². The van der Waals surface area contributed by atoms with Gasteiger partial charge in [0.15, 0.2) is 0 Å². The van der Waals surface area contributed by atoms with Gasteiger partial charge in [-0.2, -0.15) is 0 Å². The molecule has 41 heavy (non-hydrogen) atoms. The third-order valence-electron chi connectivity index (χ3n) is 6.85. The summed E-state index contributed by atoms with van der Waals surface area (Å²) in [6.45, 7) is 1.94. The Balaban J connectivity index is 0.000000296. The number of hydrogen-bond acceptors (Lipinski definition) is 4. The highest BCUT2D eigenvalue weighted by Crippen LogP contribution is 2.32. The number of carboxylic acid groups (broad SMARTS) is 1. The lowest BCUT2D eigenvalue weighted by molar-refractivity contribution is -0.274. The summed E-state index contributed by atoms with van der Waals surface area (Å²) in [6.07, 6.45) is -2.05. The monoisotopic (exact) mass is 628 g/mol. The van der Waals surface area contributed by atoms with Gasteiger partial charge in [0.1, 0.15) is 5.75 Å². The van der Waals surface area contributed by atoms with Crippen molar-refractivity contribution in [3.8, 4) is 17.0 Å². The second-order valence-electron chi connectivity index (χ2n) is 9.71. The number of fused-ring (bicyclic) bond motifs is 1. The summed E-state index contributed by atoms with van der Waals surface area (Å²) in [7, 11) is 0. The number of nitrogens with zero attached hydrogens (tertiary/aromatic N) is 1. The Labute approximate surface area is 243 Å². The highest BCUT2D eigenvalue weighted by molar-refractivity contribution is 9.10. The average Bonchev–Trinajstić information content (AvgIpc) is 2.93. The molecule has 0 spiro atoms. The quantitative estimate of drug-likeness (QED) is 0.234. The number of para-hydroxylation sites is 1. The van der Waals surface area contributed by atoms with Gasteiger partial charge < -0.3 is 15.2 Å². The van der Waals surface area contributed by atoms with Crippen molar-refractivity contribution >= 4 is 38.7 Å². The lowest BCUT2D eigenvalue weighted by Gasteiger charge is -2.27. The van der Waals surface area contributed by atoms with Crippen LogP contribution in [0, 0.1) is 12.8 Å². The second kappa shape index (κ2) is 13.2. The number of aromatic nitrogens is 1. The summed E-state index contributed by atoms with van der Waals surface area (Å²) >= 11 is 3.51. The molecule has 1 aromatic heterocycles. The Morgan fingerprint density at radius 2 is 1.56 bits per heavy atom. The van der Waals surface area contributed by atoms with E-state index in [1.54, 1.807) is 6.07 Å². The van der Waals surface area contributed by atoms with Gasteiger partial charge >= 0.3 is 12.3 Å². The molecule has 6 nitrogen and oxygen atoms in total. The van der Waals surface area contributed by atoms with Crippen LogP contribution >= 0.6 is 15.9 Å². The molecule has 214 valence electrons. The first-order valence-electron chi connectivity index (χ1n) is 13.0. The zero-order chi connectivity index (χ0) is 29.6. The van der Waals surface area contributed by atoms with E-state index in [2.05, 4.69) is 26.0 Å². The fourth-order valence-electron chi connectivity index (χ4n) is 4.86. The summed E-state index contributed by atoms with van der Waals surface area (Å²) in [6, 6.07) is 22.7. The number of pyridine rings is 1. The molecule has 0 aliphatic heterocycles. The van der Waals surface area contributed by atoms with Crippen LogP contribution in [0.4, 0.5) is 13.2 Å². The molecule has 5 rings (SSSR count). The van der Waals surface area contributed by atoms with E-state index in [1.165, 1.54) is 24.3 Å². The maximum absolute atomic E-state index is 13.4. The number of halogens is 4.